The molecule has 132 valence electrons. The second-order valence-electron chi connectivity index (χ2n) is 4.23. The van der Waals surface area contributed by atoms with E-state index in [0.29, 0.717) is 8.58 Å². The predicted octanol–water partition coefficient (Wildman–Crippen LogP) is -2.25. The number of hydrogen-bond acceptors (Lipinski definition) is 2. The first-order chi connectivity index (χ1) is 9.76. The number of halogens is 2. The van der Waals surface area contributed by atoms with Crippen molar-refractivity contribution in [2.75, 3.05) is 14.2 Å². The molecule has 0 aliphatic heterocycles. The third kappa shape index (κ3) is 9.56. The molecule has 0 aromatic heterocycles. The standard InChI is InChI=1S/C14H15O2P.C3H8.2ClH.Pd/c1-15-11-7-3-5-9-13(11)17-14-10-6-4-8-12(14)16-2;1-3-2;;;/h3-10,17H,1-2H3;3H2,1-2H3;2*1H;/q;;;;+2/p-2. The van der Waals surface area contributed by atoms with Crippen molar-refractivity contribution in [1.29, 1.82) is 0 Å². The number of para-hydroxylation sites is 2. The minimum atomic E-state index is 0. The molecule has 0 amide bonds. The zero-order chi connectivity index (χ0) is 14.8. The molecule has 2 rings (SSSR count). The average molecular weight is 468 g/mol. The Bertz CT molecular complexity index is 482. The molecule has 0 unspecified atom stereocenters. The van der Waals surface area contributed by atoms with Crippen LogP contribution in [0.2, 0.25) is 0 Å². The number of hydrogen-bond donors (Lipinski definition) is 0. The summed E-state index contributed by atoms with van der Waals surface area (Å²) in [4.78, 5) is 0. The third-order valence-corrected chi connectivity index (χ3v) is 3.85. The van der Waals surface area contributed by atoms with Gasteiger partial charge in [-0.05, 0) is 12.1 Å². The minimum absolute atomic E-state index is 0. The van der Waals surface area contributed by atoms with Crippen LogP contribution in [0.1, 0.15) is 20.3 Å². The van der Waals surface area contributed by atoms with E-state index >= 15 is 0 Å². The molecule has 0 aliphatic carbocycles. The summed E-state index contributed by atoms with van der Waals surface area (Å²) < 4.78 is 10.7. The van der Waals surface area contributed by atoms with E-state index in [1.165, 1.54) is 17.0 Å². The Morgan fingerprint density at radius 3 is 1.35 bits per heavy atom. The van der Waals surface area contributed by atoms with Crippen LogP contribution in [0.25, 0.3) is 0 Å². The van der Waals surface area contributed by atoms with Crippen molar-refractivity contribution in [2.45, 2.75) is 20.3 Å². The van der Waals surface area contributed by atoms with Crippen LogP contribution >= 0.6 is 8.58 Å². The summed E-state index contributed by atoms with van der Waals surface area (Å²) in [6.07, 6.45) is 1.25. The van der Waals surface area contributed by atoms with Crippen LogP contribution in [0.3, 0.4) is 0 Å². The van der Waals surface area contributed by atoms with Gasteiger partial charge in [0.25, 0.3) is 0 Å². The molecule has 0 radical (unpaired) electrons. The fraction of sp³-hybridized carbons (Fsp3) is 0.294. The maximum absolute atomic E-state index is 5.36. The van der Waals surface area contributed by atoms with Crippen molar-refractivity contribution in [3.8, 4) is 11.5 Å². The van der Waals surface area contributed by atoms with Crippen LogP contribution < -0.4 is 44.9 Å². The van der Waals surface area contributed by atoms with Crippen LogP contribution in [0.4, 0.5) is 0 Å². The van der Waals surface area contributed by atoms with Crippen LogP contribution in [0.15, 0.2) is 48.5 Å². The van der Waals surface area contributed by atoms with E-state index in [1.54, 1.807) is 14.2 Å². The monoisotopic (exact) mass is 466 g/mol. The van der Waals surface area contributed by atoms with Crippen LogP contribution in [0.5, 0.6) is 11.5 Å². The van der Waals surface area contributed by atoms with E-state index in [1.807, 2.05) is 36.4 Å². The fourth-order valence-electron chi connectivity index (χ4n) is 1.64. The van der Waals surface area contributed by atoms with Gasteiger partial charge in [-0.2, -0.15) is 0 Å². The Kier molecular flexibility index (Phi) is 19.8. The molecule has 6 heteroatoms. The SMILES string of the molecule is CCC.COc1ccccc1Pc1ccccc1OC.[Cl-].[Cl-].[Pd+2]. The predicted molar refractivity (Wildman–Crippen MR) is 89.5 cm³/mol. The molecule has 0 bridgehead atoms. The van der Waals surface area contributed by atoms with Gasteiger partial charge in [0.05, 0.1) is 14.2 Å². The number of ether oxygens (including phenoxy) is 2. The van der Waals surface area contributed by atoms with E-state index in [9.17, 15) is 0 Å². The van der Waals surface area contributed by atoms with Crippen LogP contribution in [0, 0.1) is 0 Å². The van der Waals surface area contributed by atoms with Gasteiger partial charge in [-0.3, -0.25) is 0 Å². The maximum atomic E-state index is 5.36. The van der Waals surface area contributed by atoms with Crippen LogP contribution in [-0.2, 0) is 20.4 Å². The summed E-state index contributed by atoms with van der Waals surface area (Å²) in [6, 6.07) is 16.2. The molecule has 0 saturated carbocycles. The van der Waals surface area contributed by atoms with Crippen molar-refractivity contribution < 1.29 is 54.7 Å². The second-order valence-corrected chi connectivity index (χ2v) is 5.56. The Morgan fingerprint density at radius 2 is 1.04 bits per heavy atom. The molecule has 0 saturated heterocycles. The molecule has 2 aromatic rings. The number of benzene rings is 2. The third-order valence-electron chi connectivity index (χ3n) is 2.48. The van der Waals surface area contributed by atoms with Crippen molar-refractivity contribution in [3.63, 3.8) is 0 Å². The van der Waals surface area contributed by atoms with Gasteiger partial charge in [-0.15, -0.1) is 0 Å². The Balaban J connectivity index is -0.000000620. The largest absolute Gasteiger partial charge is 2.00 e. The summed E-state index contributed by atoms with van der Waals surface area (Å²) in [5.74, 6) is 1.86. The summed E-state index contributed by atoms with van der Waals surface area (Å²) >= 11 is 0. The van der Waals surface area contributed by atoms with Gasteiger partial charge in [0, 0.05) is 10.6 Å². The summed E-state index contributed by atoms with van der Waals surface area (Å²) in [6.45, 7) is 4.25. The first kappa shape index (κ1) is 27.6. The molecular weight excluding hydrogens is 444 g/mol. The topological polar surface area (TPSA) is 18.5 Å². The van der Waals surface area contributed by atoms with Gasteiger partial charge in [0.1, 0.15) is 11.5 Å². The molecule has 0 fully saturated rings. The molecule has 23 heavy (non-hydrogen) atoms. The van der Waals surface area contributed by atoms with Gasteiger partial charge < -0.3 is 34.3 Å². The zero-order valence-electron chi connectivity index (χ0n) is 13.7. The quantitative estimate of drug-likeness (QED) is 0.374. The van der Waals surface area contributed by atoms with Crippen molar-refractivity contribution in [3.05, 3.63) is 48.5 Å². The maximum Gasteiger partial charge on any atom is 2.00 e. The zero-order valence-corrected chi connectivity index (χ0v) is 17.8. The van der Waals surface area contributed by atoms with Gasteiger partial charge >= 0.3 is 20.4 Å². The number of rotatable bonds is 4. The van der Waals surface area contributed by atoms with E-state index in [-0.39, 0.29) is 45.2 Å². The van der Waals surface area contributed by atoms with E-state index in [0.717, 1.165) is 11.5 Å². The van der Waals surface area contributed by atoms with Crippen LogP contribution in [-0.4, -0.2) is 14.2 Å². The van der Waals surface area contributed by atoms with E-state index < -0.39 is 0 Å². The molecule has 0 spiro atoms. The molecule has 0 aliphatic rings. The van der Waals surface area contributed by atoms with Crippen molar-refractivity contribution >= 4 is 19.2 Å². The summed E-state index contributed by atoms with van der Waals surface area (Å²) in [7, 11) is 3.94. The summed E-state index contributed by atoms with van der Waals surface area (Å²) in [5.41, 5.74) is 0. The number of methoxy groups -OCH3 is 2. The molecule has 0 atom stereocenters. The second kappa shape index (κ2) is 16.6. The smallest absolute Gasteiger partial charge is 1.00 e. The average Bonchev–Trinajstić information content (AvgIpc) is 2.49. The molecule has 2 nitrogen and oxygen atoms in total. The van der Waals surface area contributed by atoms with Crippen molar-refractivity contribution in [2.24, 2.45) is 0 Å². The fourth-order valence-corrected chi connectivity index (χ4v) is 2.91. The van der Waals surface area contributed by atoms with Gasteiger partial charge in [0.15, 0.2) is 0 Å². The van der Waals surface area contributed by atoms with Gasteiger partial charge in [-0.25, -0.2) is 0 Å². The minimum Gasteiger partial charge on any atom is -1.00 e. The first-order valence-corrected chi connectivity index (χ1v) is 7.79. The van der Waals surface area contributed by atoms with Crippen molar-refractivity contribution in [1.82, 2.24) is 0 Å². The Labute approximate surface area is 168 Å². The summed E-state index contributed by atoms with van der Waals surface area (Å²) in [5, 5.41) is 2.39. The first-order valence-electron chi connectivity index (χ1n) is 6.79. The van der Waals surface area contributed by atoms with E-state index in [2.05, 4.69) is 26.0 Å². The molecule has 2 aromatic carbocycles. The van der Waals surface area contributed by atoms with E-state index in [4.69, 9.17) is 9.47 Å². The normalized spacial score (nSPS) is 8.17. The van der Waals surface area contributed by atoms with Gasteiger partial charge in [-0.1, -0.05) is 65.2 Å². The molecular formula is C17H23Cl2O2PPd. The molecule has 0 heterocycles. The molecule has 0 N–H and O–H groups in total. The Morgan fingerprint density at radius 1 is 0.739 bits per heavy atom. The van der Waals surface area contributed by atoms with Gasteiger partial charge in [0.2, 0.25) is 0 Å². The Hall–Kier alpha value is -0.288.